The first kappa shape index (κ1) is 13.6. The van der Waals surface area contributed by atoms with Crippen molar-refractivity contribution in [2.75, 3.05) is 17.2 Å². The first-order valence-corrected chi connectivity index (χ1v) is 7.33. The van der Waals surface area contributed by atoms with Gasteiger partial charge in [-0.25, -0.2) is 4.98 Å². The van der Waals surface area contributed by atoms with Crippen molar-refractivity contribution in [1.82, 2.24) is 4.98 Å². The van der Waals surface area contributed by atoms with Gasteiger partial charge in [0.15, 0.2) is 5.13 Å². The van der Waals surface area contributed by atoms with Crippen molar-refractivity contribution < 1.29 is 9.59 Å². The SMILES string of the molecule is NC(=O)C1CC(=O)N(c2ccc(-c3csc(N)n3)cc2)C1. The van der Waals surface area contributed by atoms with E-state index in [-0.39, 0.29) is 12.3 Å². The Balaban J connectivity index is 1.81. The number of nitrogens with zero attached hydrogens (tertiary/aromatic N) is 2. The van der Waals surface area contributed by atoms with Crippen LogP contribution in [0.1, 0.15) is 6.42 Å². The van der Waals surface area contributed by atoms with Crippen molar-refractivity contribution in [1.29, 1.82) is 0 Å². The van der Waals surface area contributed by atoms with E-state index in [1.807, 2.05) is 29.6 Å². The van der Waals surface area contributed by atoms with Gasteiger partial charge in [-0.05, 0) is 12.1 Å². The van der Waals surface area contributed by atoms with Gasteiger partial charge in [0.05, 0.1) is 11.6 Å². The zero-order valence-electron chi connectivity index (χ0n) is 11.2. The van der Waals surface area contributed by atoms with Crippen LogP contribution in [-0.4, -0.2) is 23.3 Å². The number of amides is 2. The molecule has 0 bridgehead atoms. The number of carbonyl (C=O) groups excluding carboxylic acids is 2. The molecule has 1 aromatic carbocycles. The summed E-state index contributed by atoms with van der Waals surface area (Å²) in [7, 11) is 0. The van der Waals surface area contributed by atoms with Crippen LogP contribution in [0.2, 0.25) is 0 Å². The van der Waals surface area contributed by atoms with Crippen LogP contribution in [0.15, 0.2) is 29.6 Å². The Bertz CT molecular complexity index is 695. The number of primary amides is 1. The third kappa shape index (κ3) is 2.59. The molecule has 0 saturated carbocycles. The predicted octanol–water partition coefficient (Wildman–Crippen LogP) is 1.23. The molecular formula is C14H14N4O2S. The summed E-state index contributed by atoms with van der Waals surface area (Å²) in [4.78, 5) is 28.9. The summed E-state index contributed by atoms with van der Waals surface area (Å²) in [6.45, 7) is 0.344. The van der Waals surface area contributed by atoms with Crippen molar-refractivity contribution in [3.05, 3.63) is 29.6 Å². The lowest BCUT2D eigenvalue weighted by molar-refractivity contribution is -0.123. The average molecular weight is 302 g/mol. The Labute approximate surface area is 125 Å². The minimum absolute atomic E-state index is 0.0792. The van der Waals surface area contributed by atoms with Gasteiger partial charge in [-0.2, -0.15) is 0 Å². The molecule has 4 N–H and O–H groups in total. The third-order valence-corrected chi connectivity index (χ3v) is 4.20. The molecule has 0 aliphatic carbocycles. The fourth-order valence-electron chi connectivity index (χ4n) is 2.38. The van der Waals surface area contributed by atoms with Gasteiger partial charge in [0.1, 0.15) is 0 Å². The molecule has 2 aromatic rings. The number of hydrogen-bond donors (Lipinski definition) is 2. The summed E-state index contributed by atoms with van der Waals surface area (Å²) in [6.07, 6.45) is 0.180. The minimum Gasteiger partial charge on any atom is -0.375 e. The summed E-state index contributed by atoms with van der Waals surface area (Å²) in [5, 5.41) is 2.40. The van der Waals surface area contributed by atoms with Gasteiger partial charge in [0, 0.05) is 29.6 Å². The van der Waals surface area contributed by atoms with E-state index in [2.05, 4.69) is 4.98 Å². The molecule has 1 saturated heterocycles. The van der Waals surface area contributed by atoms with Gasteiger partial charge >= 0.3 is 0 Å². The first-order chi connectivity index (χ1) is 10.0. The summed E-state index contributed by atoms with van der Waals surface area (Å²) >= 11 is 1.38. The van der Waals surface area contributed by atoms with Crippen molar-refractivity contribution in [2.24, 2.45) is 11.7 Å². The topological polar surface area (TPSA) is 102 Å². The molecule has 1 fully saturated rings. The first-order valence-electron chi connectivity index (χ1n) is 6.45. The van der Waals surface area contributed by atoms with Crippen LogP contribution in [0.5, 0.6) is 0 Å². The summed E-state index contributed by atoms with van der Waals surface area (Å²) in [5.41, 5.74) is 13.4. The number of rotatable bonds is 3. The molecule has 1 aromatic heterocycles. The highest BCUT2D eigenvalue weighted by Crippen LogP contribution is 2.28. The number of hydrogen-bond acceptors (Lipinski definition) is 5. The van der Waals surface area contributed by atoms with Gasteiger partial charge in [-0.3, -0.25) is 9.59 Å². The van der Waals surface area contributed by atoms with Crippen molar-refractivity contribution in [3.8, 4) is 11.3 Å². The third-order valence-electron chi connectivity index (χ3n) is 3.52. The molecule has 6 nitrogen and oxygen atoms in total. The second-order valence-electron chi connectivity index (χ2n) is 4.93. The molecule has 1 aliphatic heterocycles. The average Bonchev–Trinajstić information content (AvgIpc) is 3.05. The lowest BCUT2D eigenvalue weighted by Gasteiger charge is -2.16. The Morgan fingerprint density at radius 1 is 1.33 bits per heavy atom. The number of nitrogen functional groups attached to an aromatic ring is 1. The van der Waals surface area contributed by atoms with Gasteiger partial charge < -0.3 is 16.4 Å². The maximum Gasteiger partial charge on any atom is 0.227 e. The zero-order valence-corrected chi connectivity index (χ0v) is 12.0. The number of thiazole rings is 1. The van der Waals surface area contributed by atoms with Crippen LogP contribution in [0.3, 0.4) is 0 Å². The van der Waals surface area contributed by atoms with Crippen molar-refractivity contribution in [3.63, 3.8) is 0 Å². The summed E-state index contributed by atoms with van der Waals surface area (Å²) in [5.74, 6) is -0.916. The highest BCUT2D eigenvalue weighted by atomic mass is 32.1. The van der Waals surface area contributed by atoms with E-state index >= 15 is 0 Å². The molecule has 21 heavy (non-hydrogen) atoms. The molecule has 1 unspecified atom stereocenters. The number of benzene rings is 1. The maximum atomic E-state index is 11.9. The van der Waals surface area contributed by atoms with Crippen LogP contribution in [0.25, 0.3) is 11.3 Å². The van der Waals surface area contributed by atoms with Crippen LogP contribution in [0.4, 0.5) is 10.8 Å². The lowest BCUT2D eigenvalue weighted by Crippen LogP contribution is -2.28. The molecule has 0 spiro atoms. The molecule has 7 heteroatoms. The second kappa shape index (κ2) is 5.17. The molecule has 2 heterocycles. The molecule has 1 aliphatic rings. The monoisotopic (exact) mass is 302 g/mol. The highest BCUT2D eigenvalue weighted by Gasteiger charge is 2.33. The zero-order chi connectivity index (χ0) is 15.0. The number of nitrogens with two attached hydrogens (primary N) is 2. The number of aromatic nitrogens is 1. The molecule has 2 amide bonds. The van der Waals surface area contributed by atoms with E-state index < -0.39 is 11.8 Å². The van der Waals surface area contributed by atoms with Gasteiger partial charge in [0.2, 0.25) is 11.8 Å². The van der Waals surface area contributed by atoms with E-state index in [1.165, 1.54) is 11.3 Å². The largest absolute Gasteiger partial charge is 0.375 e. The van der Waals surface area contributed by atoms with E-state index in [4.69, 9.17) is 11.5 Å². The Hall–Kier alpha value is -2.41. The Morgan fingerprint density at radius 3 is 2.57 bits per heavy atom. The predicted molar refractivity (Wildman–Crippen MR) is 81.6 cm³/mol. The lowest BCUT2D eigenvalue weighted by atomic mass is 10.1. The van der Waals surface area contributed by atoms with E-state index in [1.54, 1.807) is 4.90 Å². The van der Waals surface area contributed by atoms with Crippen LogP contribution >= 0.6 is 11.3 Å². The molecule has 108 valence electrons. The highest BCUT2D eigenvalue weighted by molar-refractivity contribution is 7.13. The second-order valence-corrected chi connectivity index (χ2v) is 5.82. The minimum atomic E-state index is -0.430. The van der Waals surface area contributed by atoms with Gasteiger partial charge in [-0.1, -0.05) is 12.1 Å². The summed E-state index contributed by atoms with van der Waals surface area (Å²) in [6, 6.07) is 7.45. The number of anilines is 2. The van der Waals surface area contributed by atoms with E-state index in [0.29, 0.717) is 11.7 Å². The molecule has 0 radical (unpaired) electrons. The van der Waals surface area contributed by atoms with Crippen LogP contribution in [0, 0.1) is 5.92 Å². The standard InChI is InChI=1S/C14H14N4O2S/c15-13(20)9-5-12(19)18(6-9)10-3-1-8(2-4-10)11-7-21-14(16)17-11/h1-4,7,9H,5-6H2,(H2,15,20)(H2,16,17). The normalized spacial score (nSPS) is 18.2. The Kier molecular flexibility index (Phi) is 3.34. The van der Waals surface area contributed by atoms with Crippen molar-refractivity contribution in [2.45, 2.75) is 6.42 Å². The van der Waals surface area contributed by atoms with Gasteiger partial charge in [0.25, 0.3) is 0 Å². The quantitative estimate of drug-likeness (QED) is 0.890. The summed E-state index contributed by atoms with van der Waals surface area (Å²) < 4.78 is 0. The maximum absolute atomic E-state index is 11.9. The molecule has 1 atom stereocenters. The Morgan fingerprint density at radius 2 is 2.05 bits per heavy atom. The fourth-order valence-corrected chi connectivity index (χ4v) is 2.95. The molecular weight excluding hydrogens is 288 g/mol. The van der Waals surface area contributed by atoms with E-state index in [0.717, 1.165) is 16.9 Å². The van der Waals surface area contributed by atoms with Gasteiger partial charge in [-0.15, -0.1) is 11.3 Å². The number of carbonyl (C=O) groups is 2. The van der Waals surface area contributed by atoms with Crippen molar-refractivity contribution >= 4 is 34.0 Å². The van der Waals surface area contributed by atoms with Crippen LogP contribution in [-0.2, 0) is 9.59 Å². The smallest absolute Gasteiger partial charge is 0.227 e. The van der Waals surface area contributed by atoms with Crippen LogP contribution < -0.4 is 16.4 Å². The van der Waals surface area contributed by atoms with E-state index in [9.17, 15) is 9.59 Å². The fraction of sp³-hybridized carbons (Fsp3) is 0.214. The molecule has 3 rings (SSSR count).